The van der Waals surface area contributed by atoms with Crippen LogP contribution in [0.4, 0.5) is 0 Å². The average Bonchev–Trinajstić information content (AvgIpc) is 2.51. The van der Waals surface area contributed by atoms with Crippen molar-refractivity contribution in [2.24, 2.45) is 23.2 Å². The minimum atomic E-state index is 0.00687. The van der Waals surface area contributed by atoms with Crippen LogP contribution in [-0.4, -0.2) is 27.7 Å². The lowest BCUT2D eigenvalue weighted by molar-refractivity contribution is -0.162. The maximum atomic E-state index is 13.8. The number of hydrogen-bond acceptors (Lipinski definition) is 1. The summed E-state index contributed by atoms with van der Waals surface area (Å²) in [7, 11) is 0. The van der Waals surface area contributed by atoms with Gasteiger partial charge in [0, 0.05) is 16.9 Å². The summed E-state index contributed by atoms with van der Waals surface area (Å²) in [5.74, 6) is 3.01. The third kappa shape index (κ3) is 2.35. The molecule has 3 heteroatoms. The molecule has 0 radical (unpaired) electrons. The molecule has 5 saturated carbocycles. The van der Waals surface area contributed by atoms with Crippen molar-refractivity contribution in [3.63, 3.8) is 0 Å². The van der Waals surface area contributed by atoms with E-state index in [-0.39, 0.29) is 5.41 Å². The first kappa shape index (κ1) is 15.2. The number of alkyl halides is 1. The van der Waals surface area contributed by atoms with Crippen LogP contribution in [0.3, 0.4) is 0 Å². The Labute approximate surface area is 148 Å². The number of fused-ring (bicyclic) bond motifs is 1. The van der Waals surface area contributed by atoms with Crippen molar-refractivity contribution >= 4 is 21.8 Å². The number of nitrogens with zero attached hydrogens (tertiary/aromatic N) is 1. The first-order valence-electron chi connectivity index (χ1n) is 10.1. The molecular weight excluding hydrogens is 350 g/mol. The van der Waals surface area contributed by atoms with E-state index in [0.717, 1.165) is 30.7 Å². The van der Waals surface area contributed by atoms with E-state index in [1.807, 2.05) is 0 Å². The monoisotopic (exact) mass is 379 g/mol. The highest BCUT2D eigenvalue weighted by atomic mass is 79.9. The molecule has 4 atom stereocenters. The van der Waals surface area contributed by atoms with Gasteiger partial charge in [0.15, 0.2) is 0 Å². The van der Waals surface area contributed by atoms with Gasteiger partial charge in [-0.05, 0) is 82.0 Å². The molecule has 6 aliphatic rings. The number of hydrogen-bond donors (Lipinski definition) is 0. The Morgan fingerprint density at radius 3 is 2.39 bits per heavy atom. The van der Waals surface area contributed by atoms with Crippen LogP contribution in [0.1, 0.15) is 77.0 Å². The summed E-state index contributed by atoms with van der Waals surface area (Å²) in [6, 6.07) is 0.587. The number of amides is 1. The summed E-state index contributed by atoms with van der Waals surface area (Å²) < 4.78 is 0.300. The van der Waals surface area contributed by atoms with E-state index in [1.54, 1.807) is 0 Å². The number of halogens is 1. The molecule has 6 fully saturated rings. The van der Waals surface area contributed by atoms with Gasteiger partial charge in [-0.2, -0.15) is 0 Å². The Hall–Kier alpha value is -0.0500. The number of carbonyl (C=O) groups is 1. The molecule has 1 amide bonds. The molecular formula is C20H30BrNO. The molecule has 0 aromatic carbocycles. The van der Waals surface area contributed by atoms with Gasteiger partial charge in [-0.1, -0.05) is 28.8 Å². The zero-order valence-electron chi connectivity index (χ0n) is 14.2. The van der Waals surface area contributed by atoms with Crippen LogP contribution in [0.15, 0.2) is 0 Å². The van der Waals surface area contributed by atoms with E-state index in [0.29, 0.717) is 16.3 Å². The van der Waals surface area contributed by atoms with Crippen molar-refractivity contribution in [2.45, 2.75) is 87.4 Å². The third-order valence-electron chi connectivity index (χ3n) is 7.95. The van der Waals surface area contributed by atoms with Crippen LogP contribution < -0.4 is 0 Å². The summed E-state index contributed by atoms with van der Waals surface area (Å²) in [4.78, 5) is 16.2. The topological polar surface area (TPSA) is 20.3 Å². The van der Waals surface area contributed by atoms with Crippen LogP contribution in [0.2, 0.25) is 0 Å². The molecule has 1 aliphatic heterocycles. The molecule has 0 N–H and O–H groups in total. The van der Waals surface area contributed by atoms with Crippen molar-refractivity contribution in [3.8, 4) is 0 Å². The van der Waals surface area contributed by atoms with Crippen LogP contribution in [-0.2, 0) is 4.79 Å². The zero-order chi connectivity index (χ0) is 15.7. The highest BCUT2D eigenvalue weighted by Crippen LogP contribution is 2.65. The van der Waals surface area contributed by atoms with Crippen molar-refractivity contribution in [1.82, 2.24) is 4.90 Å². The van der Waals surface area contributed by atoms with Gasteiger partial charge in [-0.25, -0.2) is 0 Å². The van der Waals surface area contributed by atoms with Gasteiger partial charge in [-0.3, -0.25) is 4.79 Å². The maximum Gasteiger partial charge on any atom is 0.229 e. The molecule has 0 aromatic rings. The third-order valence-corrected chi connectivity index (χ3v) is 8.88. The van der Waals surface area contributed by atoms with Crippen LogP contribution >= 0.6 is 15.9 Å². The first-order chi connectivity index (χ1) is 11.1. The lowest BCUT2D eigenvalue weighted by Crippen LogP contribution is -2.61. The van der Waals surface area contributed by atoms with Gasteiger partial charge in [0.1, 0.15) is 0 Å². The Bertz CT molecular complexity index is 502. The molecule has 0 spiro atoms. The molecule has 1 saturated heterocycles. The molecule has 4 bridgehead atoms. The Morgan fingerprint density at radius 2 is 1.65 bits per heavy atom. The summed E-state index contributed by atoms with van der Waals surface area (Å²) in [6.45, 7) is 1.05. The molecule has 128 valence electrons. The molecule has 23 heavy (non-hydrogen) atoms. The quantitative estimate of drug-likeness (QED) is 0.593. The van der Waals surface area contributed by atoms with E-state index in [4.69, 9.17) is 0 Å². The molecule has 5 aliphatic carbocycles. The Balaban J connectivity index is 1.43. The fourth-order valence-electron chi connectivity index (χ4n) is 7.58. The van der Waals surface area contributed by atoms with Gasteiger partial charge >= 0.3 is 0 Å². The molecule has 4 unspecified atom stereocenters. The van der Waals surface area contributed by atoms with Crippen molar-refractivity contribution in [2.75, 3.05) is 6.54 Å². The lowest BCUT2D eigenvalue weighted by atomic mass is 9.49. The first-order valence-corrected chi connectivity index (χ1v) is 10.9. The largest absolute Gasteiger partial charge is 0.339 e. The molecule has 2 nitrogen and oxygen atoms in total. The Morgan fingerprint density at radius 1 is 0.957 bits per heavy atom. The fraction of sp³-hybridized carbons (Fsp3) is 0.950. The second kappa shape index (κ2) is 5.22. The lowest BCUT2D eigenvalue weighted by Gasteiger charge is -2.61. The van der Waals surface area contributed by atoms with Crippen LogP contribution in [0.25, 0.3) is 0 Å². The summed E-state index contributed by atoms with van der Waals surface area (Å²) in [6.07, 6.45) is 15.6. The second-order valence-electron chi connectivity index (χ2n) is 9.64. The summed E-state index contributed by atoms with van der Waals surface area (Å²) in [5, 5.41) is 0. The normalized spacial score (nSPS) is 51.6. The predicted molar refractivity (Wildman–Crippen MR) is 95.5 cm³/mol. The predicted octanol–water partition coefficient (Wildman–Crippen LogP) is 4.90. The summed E-state index contributed by atoms with van der Waals surface area (Å²) >= 11 is 4.08. The smallest absolute Gasteiger partial charge is 0.229 e. The number of likely N-dealkylation sites (tertiary alicyclic amines) is 1. The number of rotatable bonds is 1. The number of piperidine rings is 1. The highest BCUT2D eigenvalue weighted by molar-refractivity contribution is 9.10. The van der Waals surface area contributed by atoms with Gasteiger partial charge in [0.05, 0.1) is 5.41 Å². The van der Waals surface area contributed by atoms with E-state index >= 15 is 0 Å². The van der Waals surface area contributed by atoms with Gasteiger partial charge in [0.25, 0.3) is 0 Å². The van der Waals surface area contributed by atoms with E-state index in [2.05, 4.69) is 20.8 Å². The van der Waals surface area contributed by atoms with E-state index in [1.165, 1.54) is 70.6 Å². The molecule has 1 heterocycles. The minimum Gasteiger partial charge on any atom is -0.339 e. The fourth-order valence-corrected chi connectivity index (χ4v) is 9.03. The van der Waals surface area contributed by atoms with Crippen LogP contribution in [0.5, 0.6) is 0 Å². The van der Waals surface area contributed by atoms with E-state index < -0.39 is 0 Å². The SMILES string of the molecule is O=C(N1CCCC2CCCCC21)C12CC3CC(CC(Br)(C3)C1)C2. The van der Waals surface area contributed by atoms with Gasteiger partial charge in [0.2, 0.25) is 5.91 Å². The summed E-state index contributed by atoms with van der Waals surface area (Å²) in [5.41, 5.74) is 0.00687. The minimum absolute atomic E-state index is 0.00687. The standard InChI is InChI=1S/C20H30BrNO/c21-20-11-14-8-15(12-20)10-19(9-14,13-20)18(23)22-7-3-5-16-4-1-2-6-17(16)22/h14-17H,1-13H2. The highest BCUT2D eigenvalue weighted by Gasteiger charge is 2.61. The van der Waals surface area contributed by atoms with Crippen molar-refractivity contribution in [1.29, 1.82) is 0 Å². The van der Waals surface area contributed by atoms with E-state index in [9.17, 15) is 4.79 Å². The average molecular weight is 380 g/mol. The van der Waals surface area contributed by atoms with Crippen molar-refractivity contribution in [3.05, 3.63) is 0 Å². The van der Waals surface area contributed by atoms with Gasteiger partial charge < -0.3 is 4.90 Å². The molecule has 0 aromatic heterocycles. The maximum absolute atomic E-state index is 13.8. The number of carbonyl (C=O) groups excluding carboxylic acids is 1. The second-order valence-corrected chi connectivity index (χ2v) is 11.3. The van der Waals surface area contributed by atoms with Crippen molar-refractivity contribution < 1.29 is 4.79 Å². The molecule has 6 rings (SSSR count). The zero-order valence-corrected chi connectivity index (χ0v) is 15.8. The van der Waals surface area contributed by atoms with Crippen LogP contribution in [0, 0.1) is 23.2 Å². The van der Waals surface area contributed by atoms with Gasteiger partial charge in [-0.15, -0.1) is 0 Å². The Kier molecular flexibility index (Phi) is 3.46.